The van der Waals surface area contributed by atoms with Gasteiger partial charge in [-0.25, -0.2) is 13.2 Å². The Morgan fingerprint density at radius 2 is 1.80 bits per heavy atom. The van der Waals surface area contributed by atoms with Gasteiger partial charge >= 0.3 is 10.2 Å². The van der Waals surface area contributed by atoms with E-state index in [2.05, 4.69) is 4.40 Å². The molecule has 0 aromatic rings. The molecule has 0 atom stereocenters. The Labute approximate surface area is 88.0 Å². The molecule has 0 aromatic heterocycles. The molecule has 7 nitrogen and oxygen atoms in total. The highest BCUT2D eigenvalue weighted by atomic mass is 32.3. The number of nitrogens with zero attached hydrogens (tertiary/aromatic N) is 2. The van der Waals surface area contributed by atoms with E-state index >= 15 is 0 Å². The third kappa shape index (κ3) is 2.63. The maximum absolute atomic E-state index is 11.3. The molecule has 0 N–H and O–H groups in total. The summed E-state index contributed by atoms with van der Waals surface area (Å²) in [6, 6.07) is -0.609. The van der Waals surface area contributed by atoms with Crippen molar-refractivity contribution in [3.63, 3.8) is 0 Å². The largest absolute Gasteiger partial charge is 0.346 e. The monoisotopic (exact) mass is 254 g/mol. The quantitative estimate of drug-likeness (QED) is 0.491. The van der Waals surface area contributed by atoms with Crippen molar-refractivity contribution in [3.8, 4) is 0 Å². The van der Waals surface area contributed by atoms with Gasteiger partial charge in [-0.05, 0) is 12.8 Å². The maximum atomic E-state index is 11.3. The van der Waals surface area contributed by atoms with Crippen molar-refractivity contribution in [3.05, 3.63) is 0 Å². The zero-order chi connectivity index (χ0) is 11.7. The summed E-state index contributed by atoms with van der Waals surface area (Å²) in [7, 11) is -8.38. The maximum Gasteiger partial charge on any atom is 0.346 e. The smallest absolute Gasteiger partial charge is 0.211 e. The van der Waals surface area contributed by atoms with Gasteiger partial charge in [0.15, 0.2) is 0 Å². The summed E-state index contributed by atoms with van der Waals surface area (Å²) in [5.74, 6) is 0. The van der Waals surface area contributed by atoms with E-state index in [1.807, 2.05) is 0 Å². The van der Waals surface area contributed by atoms with Crippen LogP contribution in [0, 0.1) is 0 Å². The lowest BCUT2D eigenvalue weighted by Gasteiger charge is -2.32. The minimum atomic E-state index is -4.44. The number of hydrogen-bond acceptors (Lipinski definition) is 5. The molecule has 0 saturated heterocycles. The van der Waals surface area contributed by atoms with Gasteiger partial charge in [-0.2, -0.15) is 8.42 Å². The molecular formula is C6H10N2O5S2. The van der Waals surface area contributed by atoms with E-state index in [1.54, 1.807) is 0 Å². The summed E-state index contributed by atoms with van der Waals surface area (Å²) in [5, 5.41) is 0. The van der Waals surface area contributed by atoms with Crippen LogP contribution in [-0.2, 0) is 25.0 Å². The molecule has 0 radical (unpaired) electrons. The van der Waals surface area contributed by atoms with Gasteiger partial charge in [0, 0.05) is 6.04 Å². The molecule has 0 bridgehead atoms. The predicted molar refractivity (Wildman–Crippen MR) is 51.4 cm³/mol. The molecule has 9 heteroatoms. The second-order valence-electron chi connectivity index (χ2n) is 3.23. The molecule has 15 heavy (non-hydrogen) atoms. The predicted octanol–water partition coefficient (Wildman–Crippen LogP) is -0.619. The molecule has 0 unspecified atom stereocenters. The number of hydrogen-bond donors (Lipinski definition) is 0. The van der Waals surface area contributed by atoms with Crippen LogP contribution in [0.4, 0.5) is 0 Å². The lowest BCUT2D eigenvalue weighted by atomic mass is 9.94. The first-order valence-corrected chi connectivity index (χ1v) is 7.37. The summed E-state index contributed by atoms with van der Waals surface area (Å²) in [4.78, 5) is 9.89. The molecule has 0 heterocycles. The number of isocyanates is 1. The molecule has 1 fully saturated rings. The van der Waals surface area contributed by atoms with Gasteiger partial charge in [0.1, 0.15) is 0 Å². The SMILES string of the molecule is CS(=O)(=O)N(C1CCC1)S(=O)(=O)N=C=O. The lowest BCUT2D eigenvalue weighted by Crippen LogP contribution is -2.46. The zero-order valence-electron chi connectivity index (χ0n) is 7.95. The second-order valence-corrected chi connectivity index (χ2v) is 6.80. The Hall–Kier alpha value is -0.760. The molecule has 1 aliphatic carbocycles. The topological polar surface area (TPSA) is 101 Å². The molecule has 0 aromatic carbocycles. The number of sulfonamides is 1. The molecular weight excluding hydrogens is 244 g/mol. The molecule has 0 amide bonds. The molecule has 1 saturated carbocycles. The Kier molecular flexibility index (Phi) is 3.29. The van der Waals surface area contributed by atoms with Crippen molar-refractivity contribution in [2.24, 2.45) is 4.40 Å². The number of rotatable bonds is 4. The van der Waals surface area contributed by atoms with Crippen LogP contribution in [0.5, 0.6) is 0 Å². The minimum Gasteiger partial charge on any atom is -0.211 e. The number of carbonyl (C=O) groups excluding carboxylic acids is 1. The second kappa shape index (κ2) is 4.01. The first-order valence-electron chi connectivity index (χ1n) is 4.13. The average molecular weight is 254 g/mol. The van der Waals surface area contributed by atoms with E-state index < -0.39 is 26.3 Å². The van der Waals surface area contributed by atoms with E-state index in [9.17, 15) is 21.6 Å². The Morgan fingerprint density at radius 1 is 1.27 bits per heavy atom. The standard InChI is InChI=1S/C6H10N2O5S2/c1-14(10,11)8(6-3-2-4-6)15(12,13)7-5-9/h6H,2-4H2,1H3. The fraction of sp³-hybridized carbons (Fsp3) is 0.833. The van der Waals surface area contributed by atoms with E-state index in [0.29, 0.717) is 12.8 Å². The van der Waals surface area contributed by atoms with E-state index in [4.69, 9.17) is 0 Å². The van der Waals surface area contributed by atoms with Gasteiger partial charge in [-0.3, -0.25) is 0 Å². The van der Waals surface area contributed by atoms with Crippen LogP contribution in [0.2, 0.25) is 0 Å². The molecule has 0 aliphatic heterocycles. The van der Waals surface area contributed by atoms with Crippen LogP contribution >= 0.6 is 0 Å². The average Bonchev–Trinajstić information content (AvgIpc) is 1.93. The van der Waals surface area contributed by atoms with Gasteiger partial charge in [-0.1, -0.05) is 14.5 Å². The molecule has 1 aliphatic rings. The van der Waals surface area contributed by atoms with Gasteiger partial charge in [0.25, 0.3) is 6.08 Å². The van der Waals surface area contributed by atoms with Crippen LogP contribution in [0.1, 0.15) is 19.3 Å². The van der Waals surface area contributed by atoms with Crippen molar-refractivity contribution >= 4 is 26.3 Å². The summed E-state index contributed by atoms with van der Waals surface area (Å²) in [6.07, 6.45) is 3.29. The van der Waals surface area contributed by atoms with E-state index in [-0.39, 0.29) is 3.71 Å². The minimum absolute atomic E-state index is 0.286. The van der Waals surface area contributed by atoms with Crippen LogP contribution < -0.4 is 0 Å². The Bertz CT molecular complexity index is 484. The first kappa shape index (κ1) is 12.3. The third-order valence-corrected chi connectivity index (χ3v) is 5.47. The van der Waals surface area contributed by atoms with Crippen molar-refractivity contribution in [2.45, 2.75) is 25.3 Å². The van der Waals surface area contributed by atoms with Gasteiger partial charge in [-0.15, -0.1) is 0 Å². The van der Waals surface area contributed by atoms with E-state index in [0.717, 1.165) is 18.8 Å². The molecule has 0 spiro atoms. The highest BCUT2D eigenvalue weighted by Crippen LogP contribution is 2.29. The first-order chi connectivity index (χ1) is 6.79. The van der Waals surface area contributed by atoms with Crippen LogP contribution in [0.3, 0.4) is 0 Å². The Balaban J connectivity index is 3.18. The molecule has 86 valence electrons. The van der Waals surface area contributed by atoms with Crippen molar-refractivity contribution in [1.29, 1.82) is 0 Å². The Morgan fingerprint density at radius 3 is 2.07 bits per heavy atom. The summed E-state index contributed by atoms with van der Waals surface area (Å²) in [5.41, 5.74) is 0. The summed E-state index contributed by atoms with van der Waals surface area (Å²) < 4.78 is 48.0. The third-order valence-electron chi connectivity index (χ3n) is 2.08. The normalized spacial score (nSPS) is 18.3. The van der Waals surface area contributed by atoms with Gasteiger partial charge < -0.3 is 0 Å². The highest BCUT2D eigenvalue weighted by Gasteiger charge is 2.40. The summed E-state index contributed by atoms with van der Waals surface area (Å²) in [6.45, 7) is 0. The highest BCUT2D eigenvalue weighted by molar-refractivity contribution is 8.03. The van der Waals surface area contributed by atoms with Crippen LogP contribution in [0.25, 0.3) is 0 Å². The fourth-order valence-corrected chi connectivity index (χ4v) is 4.30. The van der Waals surface area contributed by atoms with Crippen LogP contribution in [0.15, 0.2) is 4.40 Å². The van der Waals surface area contributed by atoms with E-state index in [1.165, 1.54) is 0 Å². The van der Waals surface area contributed by atoms with Crippen molar-refractivity contribution < 1.29 is 21.6 Å². The van der Waals surface area contributed by atoms with Crippen LogP contribution in [-0.4, -0.2) is 38.9 Å². The zero-order valence-corrected chi connectivity index (χ0v) is 9.58. The van der Waals surface area contributed by atoms with Gasteiger partial charge in [0.2, 0.25) is 10.0 Å². The van der Waals surface area contributed by atoms with Gasteiger partial charge in [0.05, 0.1) is 6.26 Å². The fourth-order valence-electron chi connectivity index (χ4n) is 1.32. The lowest BCUT2D eigenvalue weighted by molar-refractivity contribution is 0.295. The molecule has 1 rings (SSSR count). The summed E-state index contributed by atoms with van der Waals surface area (Å²) >= 11 is 0. The van der Waals surface area contributed by atoms with Crippen molar-refractivity contribution in [2.75, 3.05) is 6.26 Å². The van der Waals surface area contributed by atoms with Crippen molar-refractivity contribution in [1.82, 2.24) is 3.71 Å².